The SMILES string of the molecule is CCCc1noc2nc(C3CC3)cc(C(=O)N[C@@H](Cc3ccccc3)C(=O)O)c12. The zero-order chi connectivity index (χ0) is 20.4. The highest BCUT2D eigenvalue weighted by molar-refractivity contribution is 6.07. The number of carboxylic acid groups (broad SMARTS) is 1. The van der Waals surface area contributed by atoms with E-state index in [2.05, 4.69) is 15.5 Å². The number of carbonyl (C=O) groups is 2. The van der Waals surface area contributed by atoms with E-state index in [0.717, 1.165) is 30.5 Å². The second-order valence-corrected chi connectivity index (χ2v) is 7.48. The van der Waals surface area contributed by atoms with Crippen molar-refractivity contribution in [3.63, 3.8) is 0 Å². The van der Waals surface area contributed by atoms with Crippen molar-refractivity contribution >= 4 is 23.0 Å². The van der Waals surface area contributed by atoms with Crippen LogP contribution in [0.15, 0.2) is 40.9 Å². The fraction of sp³-hybridized carbons (Fsp3) is 0.364. The molecule has 1 atom stereocenters. The molecule has 0 spiro atoms. The molecule has 0 saturated heterocycles. The van der Waals surface area contributed by atoms with E-state index in [1.54, 1.807) is 6.07 Å². The number of aryl methyl sites for hydroxylation is 1. The quantitative estimate of drug-likeness (QED) is 0.607. The van der Waals surface area contributed by atoms with Gasteiger partial charge in [0, 0.05) is 18.0 Å². The number of rotatable bonds is 8. The lowest BCUT2D eigenvalue weighted by molar-refractivity contribution is -0.139. The summed E-state index contributed by atoms with van der Waals surface area (Å²) in [5.74, 6) is -1.19. The molecule has 7 heteroatoms. The molecule has 4 rings (SSSR count). The maximum atomic E-state index is 13.1. The van der Waals surface area contributed by atoms with Gasteiger partial charge in [0.2, 0.25) is 0 Å². The highest BCUT2D eigenvalue weighted by Crippen LogP contribution is 2.40. The predicted molar refractivity (Wildman–Crippen MR) is 107 cm³/mol. The summed E-state index contributed by atoms with van der Waals surface area (Å²) in [7, 11) is 0. The molecule has 2 aromatic heterocycles. The number of carbonyl (C=O) groups excluding carboxylic acids is 1. The molecule has 0 aliphatic heterocycles. The average Bonchev–Trinajstić information content (AvgIpc) is 3.49. The van der Waals surface area contributed by atoms with Crippen LogP contribution in [0.1, 0.15) is 59.4 Å². The van der Waals surface area contributed by atoms with Gasteiger partial charge in [0.1, 0.15) is 6.04 Å². The summed E-state index contributed by atoms with van der Waals surface area (Å²) >= 11 is 0. The van der Waals surface area contributed by atoms with Gasteiger partial charge in [-0.1, -0.05) is 48.8 Å². The normalized spacial score (nSPS) is 14.7. The Morgan fingerprint density at radius 2 is 2.03 bits per heavy atom. The van der Waals surface area contributed by atoms with Crippen LogP contribution in [0.4, 0.5) is 0 Å². The molecule has 1 aliphatic rings. The predicted octanol–water partition coefficient (Wildman–Crippen LogP) is 3.48. The van der Waals surface area contributed by atoms with E-state index < -0.39 is 17.9 Å². The van der Waals surface area contributed by atoms with Crippen molar-refractivity contribution in [1.29, 1.82) is 0 Å². The van der Waals surface area contributed by atoms with E-state index in [-0.39, 0.29) is 6.42 Å². The fourth-order valence-electron chi connectivity index (χ4n) is 3.49. The van der Waals surface area contributed by atoms with Crippen LogP contribution >= 0.6 is 0 Å². The molecule has 1 aliphatic carbocycles. The monoisotopic (exact) mass is 393 g/mol. The van der Waals surface area contributed by atoms with Gasteiger partial charge < -0.3 is 14.9 Å². The van der Waals surface area contributed by atoms with Gasteiger partial charge in [-0.05, 0) is 30.9 Å². The highest BCUT2D eigenvalue weighted by Gasteiger charge is 2.30. The van der Waals surface area contributed by atoms with E-state index in [4.69, 9.17) is 4.52 Å². The molecule has 29 heavy (non-hydrogen) atoms. The van der Waals surface area contributed by atoms with Crippen LogP contribution in [0.2, 0.25) is 0 Å². The smallest absolute Gasteiger partial charge is 0.326 e. The number of carboxylic acids is 1. The van der Waals surface area contributed by atoms with Crippen molar-refractivity contribution in [3.8, 4) is 0 Å². The molecule has 2 heterocycles. The van der Waals surface area contributed by atoms with Gasteiger partial charge in [-0.15, -0.1) is 0 Å². The Bertz CT molecular complexity index is 1040. The van der Waals surface area contributed by atoms with Gasteiger partial charge in [-0.2, -0.15) is 0 Å². The minimum Gasteiger partial charge on any atom is -0.480 e. The Labute approximate surface area is 168 Å². The van der Waals surface area contributed by atoms with Crippen molar-refractivity contribution in [2.24, 2.45) is 0 Å². The van der Waals surface area contributed by atoms with Crippen LogP contribution in [0.5, 0.6) is 0 Å². The maximum Gasteiger partial charge on any atom is 0.326 e. The maximum absolute atomic E-state index is 13.1. The molecule has 0 bridgehead atoms. The molecule has 1 fully saturated rings. The first-order valence-corrected chi connectivity index (χ1v) is 9.93. The molecular formula is C22H23N3O4. The summed E-state index contributed by atoms with van der Waals surface area (Å²) in [6.07, 6.45) is 3.77. The molecule has 1 aromatic carbocycles. The van der Waals surface area contributed by atoms with Crippen molar-refractivity contribution in [3.05, 3.63) is 58.9 Å². The van der Waals surface area contributed by atoms with Gasteiger partial charge in [0.05, 0.1) is 16.6 Å². The van der Waals surface area contributed by atoms with Crippen LogP contribution in [0.3, 0.4) is 0 Å². The largest absolute Gasteiger partial charge is 0.480 e. The lowest BCUT2D eigenvalue weighted by Crippen LogP contribution is -2.42. The summed E-state index contributed by atoms with van der Waals surface area (Å²) in [5, 5.41) is 17.0. The van der Waals surface area contributed by atoms with Gasteiger partial charge in [0.15, 0.2) is 0 Å². The lowest BCUT2D eigenvalue weighted by Gasteiger charge is -2.15. The average molecular weight is 393 g/mol. The number of fused-ring (bicyclic) bond motifs is 1. The molecule has 0 radical (unpaired) electrons. The van der Waals surface area contributed by atoms with Crippen molar-refractivity contribution in [1.82, 2.24) is 15.5 Å². The number of hydrogen-bond acceptors (Lipinski definition) is 5. The first kappa shape index (κ1) is 19.1. The van der Waals surface area contributed by atoms with E-state index >= 15 is 0 Å². The minimum atomic E-state index is -1.07. The standard InChI is InChI=1S/C22H23N3O4/c1-2-6-16-19-15(12-17(14-9-10-14)24-21(19)29-25-16)20(26)23-18(22(27)28)11-13-7-4-3-5-8-13/h3-5,7-8,12,14,18H,2,6,9-11H2,1H3,(H,23,26)(H,27,28)/t18-/m0/s1. The van der Waals surface area contributed by atoms with Crippen molar-refractivity contribution in [2.45, 2.75) is 51.0 Å². The van der Waals surface area contributed by atoms with Crippen LogP contribution in [0.25, 0.3) is 11.1 Å². The number of amides is 1. The molecule has 1 saturated carbocycles. The summed E-state index contributed by atoms with van der Waals surface area (Å²) in [6, 6.07) is 9.98. The van der Waals surface area contributed by atoms with Gasteiger partial charge >= 0.3 is 5.97 Å². The molecule has 0 unspecified atom stereocenters. The first-order chi connectivity index (χ1) is 14.1. The number of hydrogen-bond donors (Lipinski definition) is 2. The molecule has 3 aromatic rings. The number of benzene rings is 1. The summed E-state index contributed by atoms with van der Waals surface area (Å²) in [4.78, 5) is 29.5. The third-order valence-corrected chi connectivity index (χ3v) is 5.15. The fourth-order valence-corrected chi connectivity index (χ4v) is 3.49. The number of aromatic nitrogens is 2. The molecule has 1 amide bonds. The number of nitrogens with zero attached hydrogens (tertiary/aromatic N) is 2. The summed E-state index contributed by atoms with van der Waals surface area (Å²) in [5.41, 5.74) is 3.06. The van der Waals surface area contributed by atoms with Crippen molar-refractivity contribution < 1.29 is 19.2 Å². The number of aliphatic carboxylic acids is 1. The molecule has 7 nitrogen and oxygen atoms in total. The van der Waals surface area contributed by atoms with Gasteiger partial charge in [-0.25, -0.2) is 9.78 Å². The van der Waals surface area contributed by atoms with E-state index in [0.29, 0.717) is 34.7 Å². The highest BCUT2D eigenvalue weighted by atomic mass is 16.5. The van der Waals surface area contributed by atoms with Crippen LogP contribution in [-0.4, -0.2) is 33.2 Å². The van der Waals surface area contributed by atoms with Crippen LogP contribution in [0, 0.1) is 0 Å². The molecule has 150 valence electrons. The van der Waals surface area contributed by atoms with E-state index in [1.807, 2.05) is 37.3 Å². The van der Waals surface area contributed by atoms with Crippen LogP contribution in [-0.2, 0) is 17.6 Å². The Morgan fingerprint density at radius 3 is 2.69 bits per heavy atom. The first-order valence-electron chi connectivity index (χ1n) is 9.93. The third kappa shape index (κ3) is 4.13. The topological polar surface area (TPSA) is 105 Å². The van der Waals surface area contributed by atoms with E-state index in [9.17, 15) is 14.7 Å². The zero-order valence-electron chi connectivity index (χ0n) is 16.2. The van der Waals surface area contributed by atoms with Crippen molar-refractivity contribution in [2.75, 3.05) is 0 Å². The van der Waals surface area contributed by atoms with Gasteiger partial charge in [0.25, 0.3) is 11.6 Å². The third-order valence-electron chi connectivity index (χ3n) is 5.15. The Morgan fingerprint density at radius 1 is 1.28 bits per heavy atom. The summed E-state index contributed by atoms with van der Waals surface area (Å²) < 4.78 is 5.40. The number of nitrogens with one attached hydrogen (secondary N) is 1. The molecular weight excluding hydrogens is 370 g/mol. The second kappa shape index (κ2) is 8.03. The Hall–Kier alpha value is -3.22. The Balaban J connectivity index is 1.67. The second-order valence-electron chi connectivity index (χ2n) is 7.48. The van der Waals surface area contributed by atoms with Gasteiger partial charge in [-0.3, -0.25) is 4.79 Å². The zero-order valence-corrected chi connectivity index (χ0v) is 16.2. The van der Waals surface area contributed by atoms with Crippen LogP contribution < -0.4 is 5.32 Å². The Kier molecular flexibility index (Phi) is 5.29. The number of pyridine rings is 1. The minimum absolute atomic E-state index is 0.205. The summed E-state index contributed by atoms with van der Waals surface area (Å²) in [6.45, 7) is 2.02. The van der Waals surface area contributed by atoms with E-state index in [1.165, 1.54) is 0 Å². The lowest BCUT2D eigenvalue weighted by atomic mass is 10.0. The molecule has 2 N–H and O–H groups in total.